The molecule has 4 aromatic rings. The van der Waals surface area contributed by atoms with Gasteiger partial charge in [-0.05, 0) is 36.8 Å². The number of amides is 1. The van der Waals surface area contributed by atoms with Crippen molar-refractivity contribution in [2.45, 2.75) is 18.9 Å². The SMILES string of the molecule is O=C(NCCCn1ccc2cccnc21)C1c2ccccc2Oc2ccccc21. The number of nitrogens with one attached hydrogen (secondary N) is 1. The lowest BCUT2D eigenvalue weighted by Crippen LogP contribution is -2.32. The Hall–Kier alpha value is -3.60. The van der Waals surface area contributed by atoms with E-state index in [9.17, 15) is 4.79 Å². The standard InChI is InChI=1S/C24H21N3O2/c28-24(26-14-6-15-27-16-12-17-7-5-13-25-23(17)27)22-18-8-1-3-10-20(18)29-21-11-4-2-9-19(21)22/h1-5,7-13,16,22H,6,14-15H2,(H,26,28). The molecule has 1 amide bonds. The Morgan fingerprint density at radius 2 is 1.69 bits per heavy atom. The van der Waals surface area contributed by atoms with Crippen LogP contribution < -0.4 is 10.1 Å². The van der Waals surface area contributed by atoms with Crippen LogP contribution >= 0.6 is 0 Å². The summed E-state index contributed by atoms with van der Waals surface area (Å²) in [4.78, 5) is 17.6. The fourth-order valence-corrected chi connectivity index (χ4v) is 3.96. The maximum atomic E-state index is 13.1. The second-order valence-electron chi connectivity index (χ2n) is 7.18. The Labute approximate surface area is 169 Å². The average molecular weight is 383 g/mol. The smallest absolute Gasteiger partial charge is 0.232 e. The number of hydrogen-bond donors (Lipinski definition) is 1. The van der Waals surface area contributed by atoms with E-state index in [2.05, 4.69) is 27.0 Å². The van der Waals surface area contributed by atoms with Gasteiger partial charge in [0.2, 0.25) is 5.91 Å². The number of pyridine rings is 1. The van der Waals surface area contributed by atoms with Crippen molar-refractivity contribution in [3.8, 4) is 11.5 Å². The molecule has 0 unspecified atom stereocenters. The molecule has 0 bridgehead atoms. The average Bonchev–Trinajstić information content (AvgIpc) is 3.18. The number of nitrogens with zero attached hydrogens (tertiary/aromatic N) is 2. The molecular weight excluding hydrogens is 362 g/mol. The molecule has 1 N–H and O–H groups in total. The lowest BCUT2D eigenvalue weighted by Gasteiger charge is -2.27. The highest BCUT2D eigenvalue weighted by atomic mass is 16.5. The van der Waals surface area contributed by atoms with Gasteiger partial charge in [0.25, 0.3) is 0 Å². The van der Waals surface area contributed by atoms with Gasteiger partial charge in [0, 0.05) is 42.0 Å². The molecule has 0 atom stereocenters. The molecule has 5 heteroatoms. The summed E-state index contributed by atoms with van der Waals surface area (Å²) in [6, 6.07) is 21.6. The predicted octanol–water partition coefficient (Wildman–Crippen LogP) is 4.48. The van der Waals surface area contributed by atoms with E-state index in [1.807, 2.05) is 60.8 Å². The van der Waals surface area contributed by atoms with E-state index in [4.69, 9.17) is 4.74 Å². The van der Waals surface area contributed by atoms with Crippen molar-refractivity contribution in [1.82, 2.24) is 14.9 Å². The third-order valence-electron chi connectivity index (χ3n) is 5.34. The zero-order valence-electron chi connectivity index (χ0n) is 15.9. The number of fused-ring (bicyclic) bond motifs is 3. The zero-order valence-corrected chi connectivity index (χ0v) is 15.9. The van der Waals surface area contributed by atoms with Crippen molar-refractivity contribution in [3.63, 3.8) is 0 Å². The number of carbonyl (C=O) groups excluding carboxylic acids is 1. The summed E-state index contributed by atoms with van der Waals surface area (Å²) >= 11 is 0. The van der Waals surface area contributed by atoms with Crippen molar-refractivity contribution in [3.05, 3.63) is 90.3 Å². The van der Waals surface area contributed by atoms with E-state index in [1.54, 1.807) is 6.20 Å². The monoisotopic (exact) mass is 383 g/mol. The van der Waals surface area contributed by atoms with E-state index in [1.165, 1.54) is 0 Å². The van der Waals surface area contributed by atoms with Crippen LogP contribution in [0.5, 0.6) is 11.5 Å². The van der Waals surface area contributed by atoms with Crippen molar-refractivity contribution in [2.24, 2.45) is 0 Å². The molecule has 29 heavy (non-hydrogen) atoms. The van der Waals surface area contributed by atoms with Crippen LogP contribution in [0, 0.1) is 0 Å². The van der Waals surface area contributed by atoms with Crippen LogP contribution in [0.4, 0.5) is 0 Å². The Bertz CT molecular complexity index is 1140. The second-order valence-corrected chi connectivity index (χ2v) is 7.18. The first kappa shape index (κ1) is 17.5. The number of aryl methyl sites for hydroxylation is 1. The minimum absolute atomic E-state index is 0.00342. The van der Waals surface area contributed by atoms with E-state index >= 15 is 0 Å². The lowest BCUT2D eigenvalue weighted by atomic mass is 9.87. The fraction of sp³-hybridized carbons (Fsp3) is 0.167. The largest absolute Gasteiger partial charge is 0.457 e. The third kappa shape index (κ3) is 3.25. The first-order valence-electron chi connectivity index (χ1n) is 9.84. The number of carbonyl (C=O) groups is 1. The minimum Gasteiger partial charge on any atom is -0.457 e. The minimum atomic E-state index is -0.356. The molecule has 0 spiro atoms. The van der Waals surface area contributed by atoms with Gasteiger partial charge in [-0.3, -0.25) is 4.79 Å². The lowest BCUT2D eigenvalue weighted by molar-refractivity contribution is -0.121. The summed E-state index contributed by atoms with van der Waals surface area (Å²) in [5.41, 5.74) is 2.79. The van der Waals surface area contributed by atoms with Gasteiger partial charge in [-0.1, -0.05) is 36.4 Å². The van der Waals surface area contributed by atoms with Crippen LogP contribution in [-0.4, -0.2) is 22.0 Å². The predicted molar refractivity (Wildman–Crippen MR) is 112 cm³/mol. The number of aromatic nitrogens is 2. The maximum Gasteiger partial charge on any atom is 0.232 e. The van der Waals surface area contributed by atoms with Crippen LogP contribution in [0.1, 0.15) is 23.5 Å². The molecule has 2 aromatic heterocycles. The Morgan fingerprint density at radius 3 is 2.45 bits per heavy atom. The van der Waals surface area contributed by atoms with Crippen LogP contribution in [-0.2, 0) is 11.3 Å². The van der Waals surface area contributed by atoms with Gasteiger partial charge < -0.3 is 14.6 Å². The van der Waals surface area contributed by atoms with Gasteiger partial charge >= 0.3 is 0 Å². The summed E-state index contributed by atoms with van der Waals surface area (Å²) in [6.45, 7) is 1.41. The molecule has 3 heterocycles. The Balaban J connectivity index is 1.29. The molecule has 2 aromatic carbocycles. The maximum absolute atomic E-state index is 13.1. The van der Waals surface area contributed by atoms with Crippen molar-refractivity contribution < 1.29 is 9.53 Å². The summed E-state index contributed by atoms with van der Waals surface area (Å²) in [5, 5.41) is 4.25. The van der Waals surface area contributed by atoms with Gasteiger partial charge in [0.1, 0.15) is 17.1 Å². The fourth-order valence-electron chi connectivity index (χ4n) is 3.96. The van der Waals surface area contributed by atoms with Crippen molar-refractivity contribution >= 4 is 16.9 Å². The summed E-state index contributed by atoms with van der Waals surface area (Å²) in [7, 11) is 0. The van der Waals surface area contributed by atoms with Crippen LogP contribution in [0.15, 0.2) is 79.1 Å². The molecule has 0 fully saturated rings. The molecule has 144 valence electrons. The number of benzene rings is 2. The highest BCUT2D eigenvalue weighted by Gasteiger charge is 2.32. The number of para-hydroxylation sites is 2. The zero-order chi connectivity index (χ0) is 19.6. The highest BCUT2D eigenvalue weighted by molar-refractivity contribution is 5.89. The molecule has 1 aliphatic heterocycles. The first-order chi connectivity index (χ1) is 14.3. The molecule has 0 saturated carbocycles. The van der Waals surface area contributed by atoms with Crippen molar-refractivity contribution in [1.29, 1.82) is 0 Å². The molecular formula is C24H21N3O2. The quantitative estimate of drug-likeness (QED) is 0.517. The first-order valence-corrected chi connectivity index (χ1v) is 9.84. The van der Waals surface area contributed by atoms with Gasteiger partial charge in [0.15, 0.2) is 0 Å². The highest BCUT2D eigenvalue weighted by Crippen LogP contribution is 2.43. The third-order valence-corrected chi connectivity index (χ3v) is 5.34. The summed E-state index contributed by atoms with van der Waals surface area (Å²) in [5.74, 6) is 1.14. The molecule has 5 rings (SSSR count). The number of hydrogen-bond acceptors (Lipinski definition) is 3. The normalized spacial score (nSPS) is 12.8. The molecule has 0 saturated heterocycles. The van der Waals surface area contributed by atoms with Gasteiger partial charge in [-0.2, -0.15) is 0 Å². The van der Waals surface area contributed by atoms with Crippen LogP contribution in [0.25, 0.3) is 11.0 Å². The van der Waals surface area contributed by atoms with Gasteiger partial charge in [-0.25, -0.2) is 4.98 Å². The van der Waals surface area contributed by atoms with Gasteiger partial charge in [0.05, 0.1) is 5.92 Å². The van der Waals surface area contributed by atoms with Crippen LogP contribution in [0.3, 0.4) is 0 Å². The van der Waals surface area contributed by atoms with E-state index in [0.717, 1.165) is 46.6 Å². The van der Waals surface area contributed by atoms with E-state index in [-0.39, 0.29) is 11.8 Å². The number of ether oxygens (including phenoxy) is 1. The summed E-state index contributed by atoms with van der Waals surface area (Å²) < 4.78 is 8.11. The van der Waals surface area contributed by atoms with E-state index < -0.39 is 0 Å². The topological polar surface area (TPSA) is 56.2 Å². The van der Waals surface area contributed by atoms with Crippen LogP contribution in [0.2, 0.25) is 0 Å². The Morgan fingerprint density at radius 1 is 0.966 bits per heavy atom. The summed E-state index contributed by atoms with van der Waals surface area (Å²) in [6.07, 6.45) is 4.68. The molecule has 0 aliphatic carbocycles. The Kier molecular flexibility index (Phi) is 4.48. The second kappa shape index (κ2) is 7.43. The molecule has 1 aliphatic rings. The number of rotatable bonds is 5. The van der Waals surface area contributed by atoms with Gasteiger partial charge in [-0.15, -0.1) is 0 Å². The molecule has 0 radical (unpaired) electrons. The van der Waals surface area contributed by atoms with Crippen molar-refractivity contribution in [2.75, 3.05) is 6.54 Å². The van der Waals surface area contributed by atoms with E-state index in [0.29, 0.717) is 6.54 Å². The molecule has 5 nitrogen and oxygen atoms in total.